The first-order chi connectivity index (χ1) is 15.4. The van der Waals surface area contributed by atoms with Crippen LogP contribution in [-0.2, 0) is 12.1 Å². The zero-order valence-corrected chi connectivity index (χ0v) is 19.5. The van der Waals surface area contributed by atoms with Crippen molar-refractivity contribution in [2.45, 2.75) is 31.9 Å². The van der Waals surface area contributed by atoms with E-state index in [2.05, 4.69) is 30.9 Å². The van der Waals surface area contributed by atoms with Gasteiger partial charge in [-0.1, -0.05) is 28.9 Å². The lowest BCUT2D eigenvalue weighted by atomic mass is 9.92. The second kappa shape index (κ2) is 11.5. The van der Waals surface area contributed by atoms with E-state index in [-0.39, 0.29) is 18.7 Å². The number of halogens is 3. The van der Waals surface area contributed by atoms with E-state index in [0.717, 1.165) is 35.2 Å². The summed E-state index contributed by atoms with van der Waals surface area (Å²) < 4.78 is 36.4. The fourth-order valence-corrected chi connectivity index (χ4v) is 3.90. The lowest BCUT2D eigenvalue weighted by Gasteiger charge is -2.35. The highest BCUT2D eigenvalue weighted by Gasteiger charge is 2.35. The summed E-state index contributed by atoms with van der Waals surface area (Å²) in [4.78, 5) is 5.96. The summed E-state index contributed by atoms with van der Waals surface area (Å²) in [5.41, 5.74) is -1.59. The fourth-order valence-electron chi connectivity index (χ4n) is 3.63. The summed E-state index contributed by atoms with van der Waals surface area (Å²) in [6.07, 6.45) is 4.40. The highest BCUT2D eigenvalue weighted by Crippen LogP contribution is 2.28. The fraction of sp³-hybridized carbons (Fsp3) is 0.391. The predicted molar refractivity (Wildman–Crippen MR) is 121 cm³/mol. The Morgan fingerprint density at radius 2 is 1.94 bits per heavy atom. The molecule has 172 valence electrons. The van der Waals surface area contributed by atoms with E-state index in [1.807, 2.05) is 31.2 Å². The molecule has 3 rings (SSSR count). The molecule has 0 amide bonds. The van der Waals surface area contributed by atoms with Gasteiger partial charge in [0.2, 0.25) is 0 Å². The molecule has 0 aliphatic rings. The second-order valence-corrected chi connectivity index (χ2v) is 8.60. The Morgan fingerprint density at radius 1 is 1.16 bits per heavy atom. The van der Waals surface area contributed by atoms with E-state index in [1.54, 1.807) is 0 Å². The Bertz CT molecular complexity index is 973. The van der Waals surface area contributed by atoms with Crippen molar-refractivity contribution in [2.24, 2.45) is 0 Å². The van der Waals surface area contributed by atoms with Crippen LogP contribution < -0.4 is 4.74 Å². The molecule has 9 heteroatoms. The maximum Gasteiger partial charge on any atom is 0.137 e. The van der Waals surface area contributed by atoms with Crippen molar-refractivity contribution in [3.8, 4) is 5.75 Å². The van der Waals surface area contributed by atoms with Gasteiger partial charge in [0.15, 0.2) is 0 Å². The highest BCUT2D eigenvalue weighted by atomic mass is 79.9. The molecule has 1 N–H and O–H groups in total. The number of ether oxygens (including phenoxy) is 1. The van der Waals surface area contributed by atoms with Crippen LogP contribution in [0.5, 0.6) is 5.75 Å². The Balaban J connectivity index is 1.70. The van der Waals surface area contributed by atoms with Gasteiger partial charge in [-0.15, -0.1) is 0 Å². The van der Waals surface area contributed by atoms with Gasteiger partial charge >= 0.3 is 0 Å². The molecule has 1 aromatic heterocycles. The van der Waals surface area contributed by atoms with Crippen LogP contribution in [0.3, 0.4) is 0 Å². The topological polar surface area (TPSA) is 63.4 Å². The first-order valence-electron chi connectivity index (χ1n) is 10.5. The van der Waals surface area contributed by atoms with Crippen LogP contribution in [0.4, 0.5) is 8.78 Å². The maximum atomic E-state index is 14.6. The summed E-state index contributed by atoms with van der Waals surface area (Å²) >= 11 is 3.40. The summed E-state index contributed by atoms with van der Waals surface area (Å²) in [6, 6.07) is 10.9. The summed E-state index contributed by atoms with van der Waals surface area (Å²) in [6.45, 7) is 4.05. The number of benzene rings is 2. The van der Waals surface area contributed by atoms with Gasteiger partial charge < -0.3 is 9.84 Å². The average Bonchev–Trinajstić information content (AvgIpc) is 3.25. The highest BCUT2D eigenvalue weighted by molar-refractivity contribution is 9.10. The molecule has 1 atom stereocenters. The molecule has 0 fully saturated rings. The molecule has 1 unspecified atom stereocenters. The van der Waals surface area contributed by atoms with E-state index in [0.29, 0.717) is 19.7 Å². The van der Waals surface area contributed by atoms with Crippen molar-refractivity contribution in [1.29, 1.82) is 0 Å². The Kier molecular flexibility index (Phi) is 8.72. The van der Waals surface area contributed by atoms with E-state index >= 15 is 0 Å². The van der Waals surface area contributed by atoms with Crippen molar-refractivity contribution in [3.63, 3.8) is 0 Å². The molecule has 32 heavy (non-hydrogen) atoms. The number of hydrogen-bond donors (Lipinski definition) is 1. The number of hydrogen-bond acceptors (Lipinski definition) is 5. The normalized spacial score (nSPS) is 13.3. The Morgan fingerprint density at radius 3 is 2.59 bits per heavy atom. The molecule has 1 heterocycles. The van der Waals surface area contributed by atoms with Gasteiger partial charge in [-0.3, -0.25) is 4.90 Å². The molecule has 6 nitrogen and oxygen atoms in total. The Labute approximate surface area is 195 Å². The number of aliphatic hydroxyl groups is 1. The minimum Gasteiger partial charge on any atom is -0.494 e. The van der Waals surface area contributed by atoms with Crippen molar-refractivity contribution >= 4 is 15.9 Å². The quantitative estimate of drug-likeness (QED) is 0.367. The minimum atomic E-state index is -1.62. The molecular weight excluding hydrogens is 482 g/mol. The molecule has 0 aliphatic carbocycles. The third-order valence-electron chi connectivity index (χ3n) is 5.05. The molecule has 0 radical (unpaired) electrons. The lowest BCUT2D eigenvalue weighted by molar-refractivity contribution is -0.0224. The second-order valence-electron chi connectivity index (χ2n) is 7.68. The van der Waals surface area contributed by atoms with E-state index in [4.69, 9.17) is 4.74 Å². The van der Waals surface area contributed by atoms with Crippen molar-refractivity contribution in [3.05, 3.63) is 76.8 Å². The van der Waals surface area contributed by atoms with Crippen LogP contribution in [-0.4, -0.2) is 51.0 Å². The van der Waals surface area contributed by atoms with Crippen molar-refractivity contribution in [2.75, 3.05) is 26.2 Å². The molecule has 3 aromatic rings. The zero-order chi connectivity index (χ0) is 23.0. The summed E-state index contributed by atoms with van der Waals surface area (Å²) in [7, 11) is 0. The monoisotopic (exact) mass is 508 g/mol. The van der Waals surface area contributed by atoms with Crippen LogP contribution in [0, 0.1) is 11.6 Å². The van der Waals surface area contributed by atoms with E-state index in [9.17, 15) is 13.9 Å². The SMILES string of the molecule is CCCN(CCCOc1ccc(Br)cc1)CC(O)(Cn1cncn1)c1ccc(F)cc1F. The van der Waals surface area contributed by atoms with Gasteiger partial charge in [-0.2, -0.15) is 5.10 Å². The summed E-state index contributed by atoms with van der Waals surface area (Å²) in [5.74, 6) is -0.696. The maximum absolute atomic E-state index is 14.6. The van der Waals surface area contributed by atoms with Gasteiger partial charge in [-0.25, -0.2) is 18.4 Å². The zero-order valence-electron chi connectivity index (χ0n) is 17.9. The van der Waals surface area contributed by atoms with E-state index < -0.39 is 17.2 Å². The van der Waals surface area contributed by atoms with Crippen molar-refractivity contribution < 1.29 is 18.6 Å². The predicted octanol–water partition coefficient (Wildman–Crippen LogP) is 4.39. The van der Waals surface area contributed by atoms with Crippen LogP contribution in [0.15, 0.2) is 59.6 Å². The molecule has 0 bridgehead atoms. The molecule has 2 aromatic carbocycles. The van der Waals surface area contributed by atoms with Gasteiger partial charge in [-0.05, 0) is 49.7 Å². The minimum absolute atomic E-state index is 0.00877. The van der Waals surface area contributed by atoms with Crippen LogP contribution in [0.2, 0.25) is 0 Å². The largest absolute Gasteiger partial charge is 0.494 e. The van der Waals surface area contributed by atoms with Crippen LogP contribution >= 0.6 is 15.9 Å². The number of nitrogens with zero attached hydrogens (tertiary/aromatic N) is 4. The van der Waals surface area contributed by atoms with Gasteiger partial charge in [0.05, 0.1) is 13.2 Å². The third-order valence-corrected chi connectivity index (χ3v) is 5.58. The lowest BCUT2D eigenvalue weighted by Crippen LogP contribution is -2.45. The first kappa shape index (κ1) is 24.3. The first-order valence-corrected chi connectivity index (χ1v) is 11.3. The van der Waals surface area contributed by atoms with Gasteiger partial charge in [0, 0.05) is 29.2 Å². The van der Waals surface area contributed by atoms with Gasteiger partial charge in [0.25, 0.3) is 0 Å². The molecular formula is C23H27BrF2N4O2. The van der Waals surface area contributed by atoms with Crippen LogP contribution in [0.1, 0.15) is 25.3 Å². The average molecular weight is 509 g/mol. The van der Waals surface area contributed by atoms with Gasteiger partial charge in [0.1, 0.15) is 35.6 Å². The molecule has 0 spiro atoms. The number of rotatable bonds is 12. The molecule has 0 saturated heterocycles. The third kappa shape index (κ3) is 6.82. The smallest absolute Gasteiger partial charge is 0.137 e. The number of aromatic nitrogens is 3. The van der Waals surface area contributed by atoms with Crippen molar-refractivity contribution in [1.82, 2.24) is 19.7 Å². The summed E-state index contributed by atoms with van der Waals surface area (Å²) in [5, 5.41) is 15.6. The van der Waals surface area contributed by atoms with E-state index in [1.165, 1.54) is 23.4 Å². The molecule has 0 saturated carbocycles. The molecule has 0 aliphatic heterocycles. The Hall–Kier alpha value is -2.36. The van der Waals surface area contributed by atoms with Crippen LogP contribution in [0.25, 0.3) is 0 Å². The standard InChI is InChI=1S/C23H27BrF2N4O2/c1-2-10-29(11-3-12-32-20-7-4-18(24)5-8-20)14-23(31,15-30-17-27-16-28-30)21-9-6-19(25)13-22(21)26/h4-9,13,16-17,31H,2-3,10-12,14-15H2,1H3.